The van der Waals surface area contributed by atoms with E-state index in [1.54, 1.807) is 24.3 Å². The zero-order valence-electron chi connectivity index (χ0n) is 13.7. The van der Waals surface area contributed by atoms with Crippen LogP contribution in [0, 0.1) is 5.82 Å². The Hall–Kier alpha value is -3.22. The highest BCUT2D eigenvalue weighted by Crippen LogP contribution is 2.17. The van der Waals surface area contributed by atoms with Crippen molar-refractivity contribution in [3.05, 3.63) is 64.2 Å². The van der Waals surface area contributed by atoms with Crippen LogP contribution in [0.25, 0.3) is 10.9 Å². The second kappa shape index (κ2) is 6.72. The molecule has 0 aliphatic heterocycles. The van der Waals surface area contributed by atoms with Gasteiger partial charge in [0.15, 0.2) is 5.69 Å². The summed E-state index contributed by atoms with van der Waals surface area (Å²) in [4.78, 5) is 25.1. The highest BCUT2D eigenvalue weighted by molar-refractivity contribution is 6.04. The van der Waals surface area contributed by atoms with Crippen molar-refractivity contribution in [3.8, 4) is 5.75 Å². The number of carbonyl (C=O) groups is 1. The first-order valence-corrected chi connectivity index (χ1v) is 7.69. The van der Waals surface area contributed by atoms with Gasteiger partial charge in [0, 0.05) is 18.3 Å². The molecule has 2 aromatic carbocycles. The SMILES string of the molecule is CCn1nc(C(=O)Nc2cccc(OC)c2)c(=O)c2cc(F)ccc21. The number of aromatic nitrogens is 2. The predicted octanol–water partition coefficient (Wildman–Crippen LogP) is 2.82. The number of aryl methyl sites for hydroxylation is 1. The molecular formula is C18H16FN3O3. The minimum absolute atomic E-state index is 0.118. The van der Waals surface area contributed by atoms with Crippen molar-refractivity contribution in [2.45, 2.75) is 13.5 Å². The van der Waals surface area contributed by atoms with Crippen LogP contribution in [0.1, 0.15) is 17.4 Å². The van der Waals surface area contributed by atoms with Gasteiger partial charge in [-0.25, -0.2) is 4.39 Å². The van der Waals surface area contributed by atoms with Gasteiger partial charge in [-0.2, -0.15) is 5.10 Å². The smallest absolute Gasteiger partial charge is 0.280 e. The van der Waals surface area contributed by atoms with Crippen molar-refractivity contribution < 1.29 is 13.9 Å². The molecule has 0 aliphatic rings. The summed E-state index contributed by atoms with van der Waals surface area (Å²) in [5.74, 6) is -0.637. The Bertz CT molecular complexity index is 1010. The number of anilines is 1. The van der Waals surface area contributed by atoms with Crippen molar-refractivity contribution in [1.29, 1.82) is 0 Å². The number of ether oxygens (including phenoxy) is 1. The molecule has 7 heteroatoms. The molecule has 0 saturated heterocycles. The normalized spacial score (nSPS) is 10.7. The molecule has 0 atom stereocenters. The van der Waals surface area contributed by atoms with Crippen molar-refractivity contribution in [3.63, 3.8) is 0 Å². The summed E-state index contributed by atoms with van der Waals surface area (Å²) in [7, 11) is 1.51. The van der Waals surface area contributed by atoms with Gasteiger partial charge in [0.05, 0.1) is 18.0 Å². The Morgan fingerprint density at radius 3 is 2.80 bits per heavy atom. The molecule has 1 N–H and O–H groups in total. The van der Waals surface area contributed by atoms with E-state index >= 15 is 0 Å². The maximum absolute atomic E-state index is 13.5. The van der Waals surface area contributed by atoms with Gasteiger partial charge >= 0.3 is 0 Å². The Morgan fingerprint density at radius 2 is 2.08 bits per heavy atom. The largest absolute Gasteiger partial charge is 0.497 e. The van der Waals surface area contributed by atoms with Gasteiger partial charge in [-0.15, -0.1) is 0 Å². The molecule has 3 aromatic rings. The number of rotatable bonds is 4. The first-order chi connectivity index (χ1) is 12.0. The molecule has 0 radical (unpaired) electrons. The average Bonchev–Trinajstić information content (AvgIpc) is 2.62. The fourth-order valence-electron chi connectivity index (χ4n) is 2.54. The number of hydrogen-bond donors (Lipinski definition) is 1. The van der Waals surface area contributed by atoms with E-state index in [4.69, 9.17) is 4.74 Å². The maximum atomic E-state index is 13.5. The van der Waals surface area contributed by atoms with E-state index in [-0.39, 0.29) is 11.1 Å². The van der Waals surface area contributed by atoms with Crippen LogP contribution in [-0.4, -0.2) is 22.8 Å². The zero-order chi connectivity index (χ0) is 18.0. The number of carbonyl (C=O) groups excluding carboxylic acids is 1. The summed E-state index contributed by atoms with van der Waals surface area (Å²) in [5, 5.41) is 6.86. The molecule has 1 aromatic heterocycles. The Kier molecular flexibility index (Phi) is 4.47. The van der Waals surface area contributed by atoms with E-state index < -0.39 is 17.2 Å². The molecule has 128 valence electrons. The summed E-state index contributed by atoms with van der Waals surface area (Å²) in [6.45, 7) is 2.26. The van der Waals surface area contributed by atoms with Gasteiger partial charge in [0.1, 0.15) is 11.6 Å². The first-order valence-electron chi connectivity index (χ1n) is 7.69. The molecule has 3 rings (SSSR count). The standard InChI is InChI=1S/C18H16FN3O3/c1-3-22-15-8-7-11(19)9-14(15)17(23)16(21-22)18(24)20-12-5-4-6-13(10-12)25-2/h4-10H,3H2,1-2H3,(H,20,24). The van der Waals surface area contributed by atoms with E-state index in [2.05, 4.69) is 10.4 Å². The Labute approximate surface area is 142 Å². The van der Waals surface area contributed by atoms with Crippen molar-refractivity contribution in [2.24, 2.45) is 0 Å². The quantitative estimate of drug-likeness (QED) is 0.792. The van der Waals surface area contributed by atoms with E-state index in [0.717, 1.165) is 6.07 Å². The number of amides is 1. The summed E-state index contributed by atoms with van der Waals surface area (Å²) in [6, 6.07) is 10.6. The predicted molar refractivity (Wildman–Crippen MR) is 92.6 cm³/mol. The third kappa shape index (κ3) is 3.21. The van der Waals surface area contributed by atoms with E-state index in [1.807, 2.05) is 6.92 Å². The van der Waals surface area contributed by atoms with Gasteiger partial charge in [0.2, 0.25) is 5.43 Å². The molecule has 0 aliphatic carbocycles. The highest BCUT2D eigenvalue weighted by atomic mass is 19.1. The Morgan fingerprint density at radius 1 is 1.28 bits per heavy atom. The third-order valence-corrected chi connectivity index (χ3v) is 3.76. The Balaban J connectivity index is 2.06. The van der Waals surface area contributed by atoms with Crippen molar-refractivity contribution in [2.75, 3.05) is 12.4 Å². The van der Waals surface area contributed by atoms with Crippen molar-refractivity contribution >= 4 is 22.5 Å². The molecule has 1 heterocycles. The van der Waals surface area contributed by atoms with Crippen LogP contribution in [0.15, 0.2) is 47.3 Å². The summed E-state index contributed by atoms with van der Waals surface area (Å²) in [6.07, 6.45) is 0. The van der Waals surface area contributed by atoms with Gasteiger partial charge in [0.25, 0.3) is 5.91 Å². The second-order valence-corrected chi connectivity index (χ2v) is 5.34. The van der Waals surface area contributed by atoms with Crippen molar-refractivity contribution in [1.82, 2.24) is 9.78 Å². The monoisotopic (exact) mass is 341 g/mol. The molecule has 1 amide bonds. The summed E-state index contributed by atoms with van der Waals surface area (Å²) < 4.78 is 20.1. The minimum Gasteiger partial charge on any atom is -0.497 e. The zero-order valence-corrected chi connectivity index (χ0v) is 13.7. The van der Waals surface area contributed by atoms with Crippen LogP contribution in [-0.2, 0) is 6.54 Å². The van der Waals surface area contributed by atoms with Gasteiger partial charge in [-0.05, 0) is 37.3 Å². The van der Waals surface area contributed by atoms with E-state index in [9.17, 15) is 14.0 Å². The molecule has 0 bridgehead atoms. The number of methoxy groups -OCH3 is 1. The lowest BCUT2D eigenvalue weighted by molar-refractivity contribution is 0.101. The van der Waals surface area contributed by atoms with Crippen LogP contribution in [0.2, 0.25) is 0 Å². The fraction of sp³-hybridized carbons (Fsp3) is 0.167. The third-order valence-electron chi connectivity index (χ3n) is 3.76. The fourth-order valence-corrected chi connectivity index (χ4v) is 2.54. The van der Waals surface area contributed by atoms with Crippen LogP contribution >= 0.6 is 0 Å². The topological polar surface area (TPSA) is 73.2 Å². The summed E-state index contributed by atoms with van der Waals surface area (Å²) in [5.41, 5.74) is 0.0436. The molecule has 6 nitrogen and oxygen atoms in total. The minimum atomic E-state index is -0.661. The van der Waals surface area contributed by atoms with Crippen LogP contribution in [0.4, 0.5) is 10.1 Å². The number of benzene rings is 2. The average molecular weight is 341 g/mol. The van der Waals surface area contributed by atoms with Gasteiger partial charge < -0.3 is 10.1 Å². The first kappa shape index (κ1) is 16.6. The molecule has 0 unspecified atom stereocenters. The lowest BCUT2D eigenvalue weighted by Crippen LogP contribution is -2.27. The second-order valence-electron chi connectivity index (χ2n) is 5.34. The number of halogens is 1. The van der Waals surface area contributed by atoms with Gasteiger partial charge in [-0.3, -0.25) is 14.3 Å². The summed E-state index contributed by atoms with van der Waals surface area (Å²) >= 11 is 0. The number of hydrogen-bond acceptors (Lipinski definition) is 4. The highest BCUT2D eigenvalue weighted by Gasteiger charge is 2.18. The van der Waals surface area contributed by atoms with Crippen LogP contribution in [0.3, 0.4) is 0 Å². The van der Waals surface area contributed by atoms with E-state index in [1.165, 1.54) is 23.9 Å². The molecule has 25 heavy (non-hydrogen) atoms. The number of nitrogens with zero attached hydrogens (tertiary/aromatic N) is 2. The van der Waals surface area contributed by atoms with Crippen LogP contribution < -0.4 is 15.5 Å². The molecule has 0 fully saturated rings. The molecule has 0 spiro atoms. The number of fused-ring (bicyclic) bond motifs is 1. The van der Waals surface area contributed by atoms with Crippen LogP contribution in [0.5, 0.6) is 5.75 Å². The van der Waals surface area contributed by atoms with E-state index in [0.29, 0.717) is 23.5 Å². The lowest BCUT2D eigenvalue weighted by Gasteiger charge is -2.11. The lowest BCUT2D eigenvalue weighted by atomic mass is 10.2. The maximum Gasteiger partial charge on any atom is 0.280 e. The van der Waals surface area contributed by atoms with Gasteiger partial charge in [-0.1, -0.05) is 6.07 Å². The molecule has 0 saturated carbocycles. The number of nitrogens with one attached hydrogen (secondary N) is 1. The molecular weight excluding hydrogens is 325 g/mol.